The van der Waals surface area contributed by atoms with Crippen molar-refractivity contribution < 1.29 is 14.8 Å². The van der Waals surface area contributed by atoms with Crippen molar-refractivity contribution in [2.75, 3.05) is 19.7 Å². The van der Waals surface area contributed by atoms with Gasteiger partial charge in [0, 0.05) is 30.3 Å². The molecule has 0 heterocycles. The number of carbonyl (C=O) groups is 1. The largest absolute Gasteiger partial charge is 0.395 e. The normalized spacial score (nSPS) is 15.1. The van der Waals surface area contributed by atoms with Crippen LogP contribution in [0.25, 0.3) is 0 Å². The van der Waals surface area contributed by atoms with Crippen molar-refractivity contribution in [2.45, 2.75) is 25.3 Å². The Bertz CT molecular complexity index is 482. The van der Waals surface area contributed by atoms with Crippen molar-refractivity contribution in [3.8, 4) is 0 Å². The molecule has 0 unspecified atom stereocenters. The third-order valence-electron chi connectivity index (χ3n) is 3.73. The zero-order valence-corrected chi connectivity index (χ0v) is 11.2. The van der Waals surface area contributed by atoms with E-state index in [-0.39, 0.29) is 24.6 Å². The number of carbonyl (C=O) groups excluding carboxylic acids is 1. The fraction of sp³-hybridized carbons (Fsp3) is 0.500. The molecule has 1 aliphatic rings. The van der Waals surface area contributed by atoms with Crippen LogP contribution in [-0.4, -0.2) is 46.5 Å². The molecule has 6 nitrogen and oxygen atoms in total. The predicted molar refractivity (Wildman–Crippen MR) is 73.7 cm³/mol. The maximum Gasteiger partial charge on any atom is 0.269 e. The lowest BCUT2D eigenvalue weighted by molar-refractivity contribution is -0.384. The van der Waals surface area contributed by atoms with Crippen LogP contribution in [0, 0.1) is 10.1 Å². The van der Waals surface area contributed by atoms with Crippen molar-refractivity contribution in [3.63, 3.8) is 0 Å². The average Bonchev–Trinajstić information content (AvgIpc) is 2.37. The predicted octanol–water partition coefficient (Wildman–Crippen LogP) is 1.62. The van der Waals surface area contributed by atoms with Gasteiger partial charge < -0.3 is 5.11 Å². The lowest BCUT2D eigenvalue weighted by Gasteiger charge is -2.36. The third-order valence-corrected chi connectivity index (χ3v) is 3.73. The molecule has 0 radical (unpaired) electrons. The van der Waals surface area contributed by atoms with Gasteiger partial charge in [-0.25, -0.2) is 0 Å². The average molecular weight is 278 g/mol. The molecule has 0 atom stereocenters. The van der Waals surface area contributed by atoms with Gasteiger partial charge >= 0.3 is 0 Å². The van der Waals surface area contributed by atoms with E-state index in [0.717, 1.165) is 19.3 Å². The second-order valence-corrected chi connectivity index (χ2v) is 5.01. The first kappa shape index (κ1) is 14.6. The van der Waals surface area contributed by atoms with E-state index >= 15 is 0 Å². The lowest BCUT2D eigenvalue weighted by Crippen LogP contribution is -2.44. The van der Waals surface area contributed by atoms with Gasteiger partial charge in [-0.3, -0.25) is 19.8 Å². The van der Waals surface area contributed by atoms with Crippen LogP contribution in [0.3, 0.4) is 0 Å². The molecular weight excluding hydrogens is 260 g/mol. The summed E-state index contributed by atoms with van der Waals surface area (Å²) in [5.41, 5.74) is 0.450. The Labute approximate surface area is 117 Å². The van der Waals surface area contributed by atoms with Crippen LogP contribution in [0.1, 0.15) is 29.6 Å². The summed E-state index contributed by atoms with van der Waals surface area (Å²) in [5.74, 6) is -0.0692. The van der Waals surface area contributed by atoms with E-state index in [4.69, 9.17) is 5.11 Å². The number of nitro groups is 1. The monoisotopic (exact) mass is 278 g/mol. The minimum absolute atomic E-state index is 0.0206. The van der Waals surface area contributed by atoms with E-state index < -0.39 is 4.92 Å². The van der Waals surface area contributed by atoms with E-state index in [9.17, 15) is 14.9 Å². The number of nitro benzene ring substituents is 1. The molecular formula is C14H18N2O4. The number of hydrogen-bond donors (Lipinski definition) is 1. The first-order valence-corrected chi connectivity index (χ1v) is 6.74. The molecule has 1 N–H and O–H groups in total. The number of nitrogens with zero attached hydrogens (tertiary/aromatic N) is 2. The van der Waals surface area contributed by atoms with Crippen LogP contribution in [0.15, 0.2) is 24.3 Å². The number of aliphatic hydroxyl groups is 1. The number of benzene rings is 1. The van der Waals surface area contributed by atoms with E-state index in [1.807, 2.05) is 4.90 Å². The van der Waals surface area contributed by atoms with Crippen LogP contribution in [0.5, 0.6) is 0 Å². The maximum atomic E-state index is 12.2. The molecule has 0 saturated heterocycles. The molecule has 1 fully saturated rings. The molecule has 2 rings (SSSR count). The lowest BCUT2D eigenvalue weighted by atomic mass is 9.91. The van der Waals surface area contributed by atoms with Crippen molar-refractivity contribution in [3.05, 3.63) is 39.9 Å². The minimum Gasteiger partial charge on any atom is -0.395 e. The Hall–Kier alpha value is -1.79. The molecule has 0 spiro atoms. The Kier molecular flexibility index (Phi) is 4.81. The number of hydrogen-bond acceptors (Lipinski definition) is 5. The summed E-state index contributed by atoms with van der Waals surface area (Å²) < 4.78 is 0. The number of Topliss-reactive ketones (excluding diaryl/α,β-unsaturated/α-hetero) is 1. The first-order chi connectivity index (χ1) is 9.61. The molecule has 0 aliphatic heterocycles. The maximum absolute atomic E-state index is 12.2. The fourth-order valence-electron chi connectivity index (χ4n) is 2.32. The summed E-state index contributed by atoms with van der Waals surface area (Å²) in [6.07, 6.45) is 3.29. The highest BCUT2D eigenvalue weighted by molar-refractivity contribution is 5.97. The molecule has 6 heteroatoms. The van der Waals surface area contributed by atoms with Crippen molar-refractivity contribution in [1.82, 2.24) is 4.90 Å². The highest BCUT2D eigenvalue weighted by Gasteiger charge is 2.26. The molecule has 1 aromatic carbocycles. The summed E-state index contributed by atoms with van der Waals surface area (Å²) in [7, 11) is 0. The van der Waals surface area contributed by atoms with Gasteiger partial charge in [-0.2, -0.15) is 0 Å². The Balaban J connectivity index is 2.00. The van der Waals surface area contributed by atoms with Gasteiger partial charge in [-0.1, -0.05) is 6.42 Å². The standard InChI is InChI=1S/C14H18N2O4/c17-9-8-15(12-2-1-3-12)10-14(18)11-4-6-13(7-5-11)16(19)20/h4-7,12,17H,1-3,8-10H2. The van der Waals surface area contributed by atoms with Crippen molar-refractivity contribution in [2.24, 2.45) is 0 Å². The second kappa shape index (κ2) is 6.58. The van der Waals surface area contributed by atoms with Gasteiger partial charge in [0.25, 0.3) is 5.69 Å². The molecule has 108 valence electrons. The Morgan fingerprint density at radius 3 is 2.45 bits per heavy atom. The Morgan fingerprint density at radius 1 is 1.35 bits per heavy atom. The van der Waals surface area contributed by atoms with Crippen LogP contribution in [0.2, 0.25) is 0 Å². The minimum atomic E-state index is -0.485. The van der Waals surface area contributed by atoms with Gasteiger partial charge in [0.1, 0.15) is 0 Å². The van der Waals surface area contributed by atoms with Gasteiger partial charge in [-0.05, 0) is 25.0 Å². The number of non-ortho nitro benzene ring substituents is 1. The highest BCUT2D eigenvalue weighted by Crippen LogP contribution is 2.24. The van der Waals surface area contributed by atoms with Gasteiger partial charge in [-0.15, -0.1) is 0 Å². The highest BCUT2D eigenvalue weighted by atomic mass is 16.6. The zero-order valence-electron chi connectivity index (χ0n) is 11.2. The quantitative estimate of drug-likeness (QED) is 0.465. The van der Waals surface area contributed by atoms with Gasteiger partial charge in [0.2, 0.25) is 0 Å². The van der Waals surface area contributed by atoms with Crippen LogP contribution in [0.4, 0.5) is 5.69 Å². The van der Waals surface area contributed by atoms with Crippen LogP contribution in [-0.2, 0) is 0 Å². The summed E-state index contributed by atoms with van der Waals surface area (Å²) in [5, 5.41) is 19.6. The fourth-order valence-corrected chi connectivity index (χ4v) is 2.32. The molecule has 0 aromatic heterocycles. The van der Waals surface area contributed by atoms with Crippen molar-refractivity contribution in [1.29, 1.82) is 0 Å². The third kappa shape index (κ3) is 3.40. The summed E-state index contributed by atoms with van der Waals surface area (Å²) in [6.45, 7) is 0.774. The second-order valence-electron chi connectivity index (χ2n) is 5.01. The molecule has 1 aromatic rings. The van der Waals surface area contributed by atoms with Gasteiger partial charge in [0.15, 0.2) is 5.78 Å². The van der Waals surface area contributed by atoms with E-state index in [2.05, 4.69) is 0 Å². The summed E-state index contributed by atoms with van der Waals surface area (Å²) in [4.78, 5) is 24.2. The van der Waals surface area contributed by atoms with Gasteiger partial charge in [0.05, 0.1) is 18.1 Å². The number of aliphatic hydroxyl groups excluding tert-OH is 1. The molecule has 20 heavy (non-hydrogen) atoms. The summed E-state index contributed by atoms with van der Waals surface area (Å²) in [6, 6.07) is 6.03. The zero-order chi connectivity index (χ0) is 14.5. The van der Waals surface area contributed by atoms with E-state index in [1.54, 1.807) is 0 Å². The van der Waals surface area contributed by atoms with Crippen molar-refractivity contribution >= 4 is 11.5 Å². The smallest absolute Gasteiger partial charge is 0.269 e. The number of rotatable bonds is 7. The first-order valence-electron chi connectivity index (χ1n) is 6.74. The van der Waals surface area contributed by atoms with Crippen LogP contribution < -0.4 is 0 Å². The van der Waals surface area contributed by atoms with E-state index in [0.29, 0.717) is 18.2 Å². The molecule has 0 bridgehead atoms. The SMILES string of the molecule is O=C(CN(CCO)C1CCC1)c1ccc([N+](=O)[O-])cc1. The number of ketones is 1. The molecule has 0 amide bonds. The molecule has 1 aliphatic carbocycles. The van der Waals surface area contributed by atoms with Crippen LogP contribution >= 0.6 is 0 Å². The van der Waals surface area contributed by atoms with E-state index in [1.165, 1.54) is 24.3 Å². The molecule has 1 saturated carbocycles. The Morgan fingerprint density at radius 2 is 2.00 bits per heavy atom. The topological polar surface area (TPSA) is 83.7 Å². The summed E-state index contributed by atoms with van der Waals surface area (Å²) >= 11 is 0.